The molecule has 0 saturated carbocycles. The Bertz CT molecular complexity index is 1010. The van der Waals surface area contributed by atoms with Gasteiger partial charge in [-0.1, -0.05) is 12.1 Å². The lowest BCUT2D eigenvalue weighted by atomic mass is 10.1. The van der Waals surface area contributed by atoms with Crippen molar-refractivity contribution in [2.24, 2.45) is 5.10 Å². The second-order valence-electron chi connectivity index (χ2n) is 7.06. The van der Waals surface area contributed by atoms with Crippen LogP contribution in [0.3, 0.4) is 0 Å². The van der Waals surface area contributed by atoms with Crippen LogP contribution in [-0.2, 0) is 16.1 Å². The Balaban J connectivity index is 1.38. The van der Waals surface area contributed by atoms with Gasteiger partial charge in [0.05, 0.1) is 17.4 Å². The highest BCUT2D eigenvalue weighted by atomic mass is 16.2. The van der Waals surface area contributed by atoms with Crippen molar-refractivity contribution >= 4 is 28.4 Å². The van der Waals surface area contributed by atoms with Crippen molar-refractivity contribution in [3.63, 3.8) is 0 Å². The third kappa shape index (κ3) is 3.65. The van der Waals surface area contributed by atoms with Gasteiger partial charge in [-0.15, -0.1) is 0 Å². The van der Waals surface area contributed by atoms with Gasteiger partial charge in [-0.2, -0.15) is 5.10 Å². The normalized spacial score (nSPS) is 18.5. The van der Waals surface area contributed by atoms with E-state index < -0.39 is 0 Å². The first-order valence-electron chi connectivity index (χ1n) is 9.35. The molecule has 1 fully saturated rings. The van der Waals surface area contributed by atoms with Crippen LogP contribution in [0.5, 0.6) is 0 Å². The lowest BCUT2D eigenvalue weighted by Crippen LogP contribution is -2.51. The van der Waals surface area contributed by atoms with Gasteiger partial charge in [0.1, 0.15) is 11.5 Å². The van der Waals surface area contributed by atoms with E-state index in [1.165, 1.54) is 5.01 Å². The Hall–Kier alpha value is -3.07. The quantitative estimate of drug-likeness (QED) is 0.816. The molecule has 2 aliphatic rings. The molecular formula is C19H22N6O3. The Morgan fingerprint density at radius 1 is 1.11 bits per heavy atom. The number of hydrazone groups is 1. The first-order valence-corrected chi connectivity index (χ1v) is 9.35. The number of fused-ring (bicyclic) bond motifs is 1. The zero-order chi connectivity index (χ0) is 19.7. The standard InChI is InChI=1S/C19H22N6O3/c1-23-17(26)7-6-15(22-23)19(28)25-10-8-24(9-11-25)12-16-20-14-5-3-2-4-13(14)18(27)21-16/h2-5H,6-12H2,1H3,(H,20,21,27). The van der Waals surface area contributed by atoms with E-state index in [-0.39, 0.29) is 17.4 Å². The van der Waals surface area contributed by atoms with Crippen LogP contribution in [-0.4, -0.2) is 75.5 Å². The molecule has 0 spiro atoms. The summed E-state index contributed by atoms with van der Waals surface area (Å²) in [4.78, 5) is 47.7. The minimum Gasteiger partial charge on any atom is -0.335 e. The van der Waals surface area contributed by atoms with Gasteiger partial charge in [0.15, 0.2) is 0 Å². The summed E-state index contributed by atoms with van der Waals surface area (Å²) < 4.78 is 0. The number of piperazine rings is 1. The van der Waals surface area contributed by atoms with Crippen LogP contribution in [0, 0.1) is 0 Å². The smallest absolute Gasteiger partial charge is 0.270 e. The number of amides is 2. The van der Waals surface area contributed by atoms with Gasteiger partial charge in [-0.3, -0.25) is 19.3 Å². The largest absolute Gasteiger partial charge is 0.335 e. The topological polar surface area (TPSA) is 102 Å². The Morgan fingerprint density at radius 2 is 1.86 bits per heavy atom. The molecule has 1 N–H and O–H groups in total. The average Bonchev–Trinajstić information content (AvgIpc) is 2.70. The van der Waals surface area contributed by atoms with Crippen LogP contribution in [0.4, 0.5) is 0 Å². The molecule has 146 valence electrons. The molecule has 1 aromatic heterocycles. The molecule has 0 aliphatic carbocycles. The van der Waals surface area contributed by atoms with E-state index >= 15 is 0 Å². The van der Waals surface area contributed by atoms with Gasteiger partial charge < -0.3 is 9.88 Å². The maximum Gasteiger partial charge on any atom is 0.270 e. The summed E-state index contributed by atoms with van der Waals surface area (Å²) in [6, 6.07) is 7.27. The van der Waals surface area contributed by atoms with Crippen molar-refractivity contribution < 1.29 is 9.59 Å². The highest BCUT2D eigenvalue weighted by molar-refractivity contribution is 6.39. The summed E-state index contributed by atoms with van der Waals surface area (Å²) in [6.45, 7) is 3.05. The zero-order valence-corrected chi connectivity index (χ0v) is 15.7. The molecular weight excluding hydrogens is 360 g/mol. The summed E-state index contributed by atoms with van der Waals surface area (Å²) >= 11 is 0. The number of aromatic nitrogens is 2. The fraction of sp³-hybridized carbons (Fsp3) is 0.421. The van der Waals surface area contributed by atoms with Crippen molar-refractivity contribution in [1.29, 1.82) is 0 Å². The molecule has 0 atom stereocenters. The van der Waals surface area contributed by atoms with Gasteiger partial charge in [0.2, 0.25) is 5.91 Å². The maximum absolute atomic E-state index is 12.6. The van der Waals surface area contributed by atoms with E-state index in [0.29, 0.717) is 68.0 Å². The van der Waals surface area contributed by atoms with E-state index in [1.54, 1.807) is 18.0 Å². The van der Waals surface area contributed by atoms with Crippen LogP contribution >= 0.6 is 0 Å². The highest BCUT2D eigenvalue weighted by Crippen LogP contribution is 2.13. The molecule has 3 heterocycles. The minimum absolute atomic E-state index is 0.0711. The first-order chi connectivity index (χ1) is 13.5. The summed E-state index contributed by atoms with van der Waals surface area (Å²) in [6.07, 6.45) is 0.715. The Labute approximate surface area is 161 Å². The number of carbonyl (C=O) groups is 2. The van der Waals surface area contributed by atoms with Gasteiger partial charge in [0.25, 0.3) is 11.5 Å². The highest BCUT2D eigenvalue weighted by Gasteiger charge is 2.28. The monoisotopic (exact) mass is 382 g/mol. The number of aromatic amines is 1. The van der Waals surface area contributed by atoms with Crippen LogP contribution in [0.15, 0.2) is 34.2 Å². The van der Waals surface area contributed by atoms with Crippen LogP contribution < -0.4 is 5.56 Å². The third-order valence-electron chi connectivity index (χ3n) is 5.15. The van der Waals surface area contributed by atoms with E-state index in [2.05, 4.69) is 20.0 Å². The fourth-order valence-electron chi connectivity index (χ4n) is 3.54. The van der Waals surface area contributed by atoms with Crippen LogP contribution in [0.2, 0.25) is 0 Å². The van der Waals surface area contributed by atoms with Crippen molar-refractivity contribution in [1.82, 2.24) is 24.8 Å². The summed E-state index contributed by atoms with van der Waals surface area (Å²) in [5.41, 5.74) is 0.989. The van der Waals surface area contributed by atoms with Crippen LogP contribution in [0.25, 0.3) is 10.9 Å². The fourth-order valence-corrected chi connectivity index (χ4v) is 3.54. The molecule has 28 heavy (non-hydrogen) atoms. The van der Waals surface area contributed by atoms with Crippen molar-refractivity contribution in [3.8, 4) is 0 Å². The second kappa shape index (κ2) is 7.51. The summed E-state index contributed by atoms with van der Waals surface area (Å²) in [5.74, 6) is 0.453. The van der Waals surface area contributed by atoms with Crippen molar-refractivity contribution in [2.75, 3.05) is 33.2 Å². The Morgan fingerprint density at radius 3 is 2.61 bits per heavy atom. The maximum atomic E-state index is 12.6. The number of para-hydroxylation sites is 1. The number of nitrogens with one attached hydrogen (secondary N) is 1. The minimum atomic E-state index is -0.136. The molecule has 0 radical (unpaired) electrons. The van der Waals surface area contributed by atoms with Gasteiger partial charge in [-0.05, 0) is 12.1 Å². The number of carbonyl (C=O) groups excluding carboxylic acids is 2. The number of H-pyrrole nitrogens is 1. The molecule has 9 heteroatoms. The van der Waals surface area contributed by atoms with Crippen molar-refractivity contribution in [3.05, 3.63) is 40.4 Å². The Kier molecular flexibility index (Phi) is 4.91. The second-order valence-corrected chi connectivity index (χ2v) is 7.06. The lowest BCUT2D eigenvalue weighted by Gasteiger charge is -2.35. The van der Waals surface area contributed by atoms with Crippen molar-refractivity contribution in [2.45, 2.75) is 19.4 Å². The SMILES string of the molecule is CN1N=C(C(=O)N2CCN(Cc3nc4ccccc4c(=O)[nH]3)CC2)CCC1=O. The van der Waals surface area contributed by atoms with Crippen LogP contribution in [0.1, 0.15) is 18.7 Å². The number of hydrogen-bond donors (Lipinski definition) is 1. The van der Waals surface area contributed by atoms with Gasteiger partial charge >= 0.3 is 0 Å². The molecule has 4 rings (SSSR count). The summed E-state index contributed by atoms with van der Waals surface area (Å²) in [5, 5.41) is 5.94. The number of rotatable bonds is 3. The number of benzene rings is 1. The number of nitrogens with zero attached hydrogens (tertiary/aromatic N) is 5. The number of hydrogen-bond acceptors (Lipinski definition) is 6. The molecule has 2 aliphatic heterocycles. The molecule has 2 aromatic rings. The molecule has 1 aromatic carbocycles. The predicted octanol–water partition coefficient (Wildman–Crippen LogP) is 0.176. The third-order valence-corrected chi connectivity index (χ3v) is 5.15. The van der Waals surface area contributed by atoms with E-state index in [1.807, 2.05) is 18.2 Å². The summed E-state index contributed by atoms with van der Waals surface area (Å²) in [7, 11) is 1.57. The first kappa shape index (κ1) is 18.3. The van der Waals surface area contributed by atoms with E-state index in [9.17, 15) is 14.4 Å². The van der Waals surface area contributed by atoms with E-state index in [4.69, 9.17) is 0 Å². The molecule has 0 bridgehead atoms. The van der Waals surface area contributed by atoms with Gasteiger partial charge in [-0.25, -0.2) is 9.99 Å². The molecule has 2 amide bonds. The van der Waals surface area contributed by atoms with Gasteiger partial charge in [0, 0.05) is 46.1 Å². The van der Waals surface area contributed by atoms with E-state index in [0.717, 1.165) is 0 Å². The molecule has 9 nitrogen and oxygen atoms in total. The molecule has 0 unspecified atom stereocenters. The zero-order valence-electron chi connectivity index (χ0n) is 15.7. The average molecular weight is 382 g/mol. The lowest BCUT2D eigenvalue weighted by molar-refractivity contribution is -0.131. The molecule has 1 saturated heterocycles. The predicted molar refractivity (Wildman–Crippen MR) is 104 cm³/mol.